The van der Waals surface area contributed by atoms with E-state index >= 15 is 0 Å². The van der Waals surface area contributed by atoms with Crippen LogP contribution in [-0.4, -0.2) is 45.6 Å². The van der Waals surface area contributed by atoms with Gasteiger partial charge in [0.25, 0.3) is 0 Å². The molecule has 30 heavy (non-hydrogen) atoms. The number of carboxylic acid groups (broad SMARTS) is 1. The second-order valence-electron chi connectivity index (χ2n) is 8.93. The Labute approximate surface area is 180 Å². The molecular formula is C24H38O6. The summed E-state index contributed by atoms with van der Waals surface area (Å²) in [7, 11) is 0. The maximum atomic E-state index is 11.5. The molecule has 1 unspecified atom stereocenters. The van der Waals surface area contributed by atoms with Crippen LogP contribution in [-0.2, 0) is 14.3 Å². The Kier molecular flexibility index (Phi) is 9.56. The second-order valence-corrected chi connectivity index (χ2v) is 8.93. The first kappa shape index (κ1) is 24.6. The molecule has 2 saturated carbocycles. The highest BCUT2D eigenvalue weighted by molar-refractivity contribution is 5.66. The molecule has 6 nitrogen and oxygen atoms in total. The standard InChI is InChI=1S/C24H38O6/c1-3-24(14-9-15-24)22(27)12-8-11-18-19(10-6-4-5-7-13-23(28)29)21(16-20(18)26)30-17(2)25/h4,6,8,11,18-22,26-27H,3,5,7,9-10,12-16H2,1-2H3,(H,28,29)/b6-4-,11-8+/t18-,19-,20-,21+,22?/m1/s1. The van der Waals surface area contributed by atoms with E-state index in [1.807, 2.05) is 24.3 Å². The number of carbonyl (C=O) groups excluding carboxylic acids is 1. The number of unbranched alkanes of at least 4 members (excludes halogenated alkanes) is 1. The average molecular weight is 423 g/mol. The van der Waals surface area contributed by atoms with Crippen LogP contribution in [0.25, 0.3) is 0 Å². The molecule has 0 aromatic carbocycles. The summed E-state index contributed by atoms with van der Waals surface area (Å²) in [6.07, 6.45) is 14.0. The van der Waals surface area contributed by atoms with Gasteiger partial charge < -0.3 is 20.1 Å². The third-order valence-corrected chi connectivity index (χ3v) is 7.02. The van der Waals surface area contributed by atoms with Gasteiger partial charge in [-0.15, -0.1) is 0 Å². The first-order valence-electron chi connectivity index (χ1n) is 11.4. The van der Waals surface area contributed by atoms with Gasteiger partial charge in [0.2, 0.25) is 0 Å². The molecule has 3 N–H and O–H groups in total. The molecule has 2 aliphatic rings. The van der Waals surface area contributed by atoms with Gasteiger partial charge in [-0.1, -0.05) is 37.6 Å². The zero-order chi connectivity index (χ0) is 22.1. The third-order valence-electron chi connectivity index (χ3n) is 7.02. The van der Waals surface area contributed by atoms with E-state index in [-0.39, 0.29) is 41.8 Å². The quantitative estimate of drug-likeness (QED) is 0.249. The van der Waals surface area contributed by atoms with Crippen LogP contribution in [0.3, 0.4) is 0 Å². The second kappa shape index (κ2) is 11.7. The SMILES string of the molecule is CCC1(C(O)C/C=C/[C@@H]2[C@@H](C/C=C\CCCC(=O)O)[C@@H](OC(C)=O)C[C@H]2O)CCC1. The van der Waals surface area contributed by atoms with Crippen molar-refractivity contribution in [3.05, 3.63) is 24.3 Å². The Morgan fingerprint density at radius 2 is 1.97 bits per heavy atom. The molecule has 0 radical (unpaired) electrons. The zero-order valence-corrected chi connectivity index (χ0v) is 18.3. The Hall–Kier alpha value is -1.66. The van der Waals surface area contributed by atoms with E-state index in [9.17, 15) is 19.8 Å². The number of carboxylic acids is 1. The monoisotopic (exact) mass is 422 g/mol. The largest absolute Gasteiger partial charge is 0.481 e. The number of hydrogen-bond acceptors (Lipinski definition) is 5. The Morgan fingerprint density at radius 1 is 1.23 bits per heavy atom. The molecule has 170 valence electrons. The lowest BCUT2D eigenvalue weighted by Gasteiger charge is -2.45. The normalized spacial score (nSPS) is 29.2. The molecular weight excluding hydrogens is 384 g/mol. The maximum absolute atomic E-state index is 11.5. The first-order valence-corrected chi connectivity index (χ1v) is 11.4. The highest BCUT2D eigenvalue weighted by Crippen LogP contribution is 2.47. The summed E-state index contributed by atoms with van der Waals surface area (Å²) in [5.41, 5.74) is 0.0526. The summed E-state index contributed by atoms with van der Waals surface area (Å²) < 4.78 is 5.47. The number of aliphatic carboxylic acids is 1. The minimum Gasteiger partial charge on any atom is -0.481 e. The lowest BCUT2D eigenvalue weighted by Crippen LogP contribution is -2.40. The molecule has 6 heteroatoms. The van der Waals surface area contributed by atoms with Crippen LogP contribution in [0.1, 0.15) is 78.1 Å². The number of esters is 1. The van der Waals surface area contributed by atoms with Crippen LogP contribution in [0.5, 0.6) is 0 Å². The highest BCUT2D eigenvalue weighted by atomic mass is 16.5. The lowest BCUT2D eigenvalue weighted by atomic mass is 9.63. The van der Waals surface area contributed by atoms with Crippen LogP contribution in [0.15, 0.2) is 24.3 Å². The molecule has 0 amide bonds. The molecule has 5 atom stereocenters. The predicted molar refractivity (Wildman–Crippen MR) is 115 cm³/mol. The molecule has 0 saturated heterocycles. The average Bonchev–Trinajstić information content (AvgIpc) is 2.91. The van der Waals surface area contributed by atoms with Gasteiger partial charge in [-0.05, 0) is 50.4 Å². The van der Waals surface area contributed by atoms with Crippen molar-refractivity contribution in [2.24, 2.45) is 17.3 Å². The Balaban J connectivity index is 1.96. The molecule has 0 heterocycles. The van der Waals surface area contributed by atoms with E-state index in [2.05, 4.69) is 6.92 Å². The van der Waals surface area contributed by atoms with Crippen molar-refractivity contribution < 1.29 is 29.6 Å². The summed E-state index contributed by atoms with van der Waals surface area (Å²) >= 11 is 0. The van der Waals surface area contributed by atoms with Gasteiger partial charge in [-0.25, -0.2) is 0 Å². The minimum atomic E-state index is -0.795. The number of aliphatic hydroxyl groups excluding tert-OH is 2. The molecule has 0 aromatic heterocycles. The van der Waals surface area contributed by atoms with Crippen molar-refractivity contribution in [3.63, 3.8) is 0 Å². The van der Waals surface area contributed by atoms with E-state index in [0.29, 0.717) is 32.1 Å². The molecule has 0 spiro atoms. The lowest BCUT2D eigenvalue weighted by molar-refractivity contribution is -0.148. The fourth-order valence-electron chi connectivity index (χ4n) is 4.94. The van der Waals surface area contributed by atoms with Gasteiger partial charge >= 0.3 is 11.9 Å². The number of allylic oxidation sites excluding steroid dienone is 2. The third kappa shape index (κ3) is 6.67. The topological polar surface area (TPSA) is 104 Å². The Morgan fingerprint density at radius 3 is 2.53 bits per heavy atom. The van der Waals surface area contributed by atoms with Crippen LogP contribution < -0.4 is 0 Å². The predicted octanol–water partition coefficient (Wildman–Crippen LogP) is 4.00. The molecule has 2 fully saturated rings. The van der Waals surface area contributed by atoms with E-state index in [0.717, 1.165) is 19.3 Å². The number of carbonyl (C=O) groups is 2. The molecule has 0 bridgehead atoms. The number of ether oxygens (including phenoxy) is 1. The molecule has 0 aliphatic heterocycles. The van der Waals surface area contributed by atoms with E-state index in [1.54, 1.807) is 0 Å². The summed E-state index contributed by atoms with van der Waals surface area (Å²) in [6, 6.07) is 0. The van der Waals surface area contributed by atoms with E-state index in [4.69, 9.17) is 9.84 Å². The van der Waals surface area contributed by atoms with Crippen LogP contribution in [0.2, 0.25) is 0 Å². The van der Waals surface area contributed by atoms with Crippen molar-refractivity contribution in [2.75, 3.05) is 0 Å². The van der Waals surface area contributed by atoms with Crippen molar-refractivity contribution in [2.45, 2.75) is 96.4 Å². The number of rotatable bonds is 12. The first-order chi connectivity index (χ1) is 14.3. The molecule has 0 aromatic rings. The summed E-state index contributed by atoms with van der Waals surface area (Å²) in [6.45, 7) is 3.52. The van der Waals surface area contributed by atoms with Crippen LogP contribution in [0, 0.1) is 17.3 Å². The van der Waals surface area contributed by atoms with Crippen molar-refractivity contribution in [1.29, 1.82) is 0 Å². The van der Waals surface area contributed by atoms with E-state index in [1.165, 1.54) is 13.3 Å². The molecule has 2 rings (SSSR count). The zero-order valence-electron chi connectivity index (χ0n) is 18.3. The fraction of sp³-hybridized carbons (Fsp3) is 0.750. The van der Waals surface area contributed by atoms with E-state index < -0.39 is 12.1 Å². The number of hydrogen-bond donors (Lipinski definition) is 3. The summed E-state index contributed by atoms with van der Waals surface area (Å²) in [4.78, 5) is 22.1. The summed E-state index contributed by atoms with van der Waals surface area (Å²) in [5.74, 6) is -1.31. The van der Waals surface area contributed by atoms with Gasteiger partial charge in [0, 0.05) is 31.6 Å². The summed E-state index contributed by atoms with van der Waals surface area (Å²) in [5, 5.41) is 29.9. The van der Waals surface area contributed by atoms with Gasteiger partial charge in [-0.2, -0.15) is 0 Å². The molecule has 2 aliphatic carbocycles. The van der Waals surface area contributed by atoms with Crippen molar-refractivity contribution in [1.82, 2.24) is 0 Å². The number of aliphatic hydroxyl groups is 2. The van der Waals surface area contributed by atoms with Crippen LogP contribution >= 0.6 is 0 Å². The maximum Gasteiger partial charge on any atom is 0.303 e. The van der Waals surface area contributed by atoms with Crippen molar-refractivity contribution in [3.8, 4) is 0 Å². The van der Waals surface area contributed by atoms with Crippen molar-refractivity contribution >= 4 is 11.9 Å². The minimum absolute atomic E-state index is 0.0307. The van der Waals surface area contributed by atoms with Gasteiger partial charge in [0.05, 0.1) is 12.2 Å². The van der Waals surface area contributed by atoms with Gasteiger partial charge in [-0.3, -0.25) is 9.59 Å². The Bertz CT molecular complexity index is 616. The smallest absolute Gasteiger partial charge is 0.303 e. The van der Waals surface area contributed by atoms with Gasteiger partial charge in [0.1, 0.15) is 6.10 Å². The van der Waals surface area contributed by atoms with Crippen LogP contribution in [0.4, 0.5) is 0 Å². The fourth-order valence-corrected chi connectivity index (χ4v) is 4.94. The highest BCUT2D eigenvalue weighted by Gasteiger charge is 2.43. The van der Waals surface area contributed by atoms with Gasteiger partial charge in [0.15, 0.2) is 0 Å².